The minimum atomic E-state index is -0.594. The molecule has 31 heavy (non-hydrogen) atoms. The molecule has 3 amide bonds. The zero-order valence-electron chi connectivity index (χ0n) is 19.0. The Morgan fingerprint density at radius 2 is 1.77 bits per heavy atom. The number of carbonyl (C=O) groups is 3. The van der Waals surface area contributed by atoms with Crippen LogP contribution in [0.5, 0.6) is 5.75 Å². The Balaban J connectivity index is 1.63. The fourth-order valence-corrected chi connectivity index (χ4v) is 3.46. The number of hydrogen-bond donors (Lipinski definition) is 2. The summed E-state index contributed by atoms with van der Waals surface area (Å²) in [7, 11) is 1.63. The number of likely N-dealkylation sites (tertiary alicyclic amines) is 1. The molecule has 8 heteroatoms. The summed E-state index contributed by atoms with van der Waals surface area (Å²) in [6.45, 7) is 7.11. The second kappa shape index (κ2) is 11.6. The van der Waals surface area contributed by atoms with Crippen LogP contribution in [0.15, 0.2) is 24.3 Å². The molecule has 0 aromatic heterocycles. The van der Waals surface area contributed by atoms with Crippen LogP contribution in [0, 0.1) is 5.92 Å². The van der Waals surface area contributed by atoms with Crippen molar-refractivity contribution in [2.75, 3.05) is 33.3 Å². The average molecular weight is 434 g/mol. The van der Waals surface area contributed by atoms with E-state index in [1.54, 1.807) is 32.8 Å². The van der Waals surface area contributed by atoms with Gasteiger partial charge in [-0.25, -0.2) is 4.79 Å². The first-order valence-electron chi connectivity index (χ1n) is 10.8. The topological polar surface area (TPSA) is 97.0 Å². The van der Waals surface area contributed by atoms with E-state index in [0.717, 1.165) is 24.2 Å². The van der Waals surface area contributed by atoms with Crippen molar-refractivity contribution < 1.29 is 23.9 Å². The highest BCUT2D eigenvalue weighted by molar-refractivity contribution is 5.82. The maximum Gasteiger partial charge on any atom is 0.408 e. The first-order chi connectivity index (χ1) is 14.7. The third-order valence-corrected chi connectivity index (χ3v) is 5.15. The highest BCUT2D eigenvalue weighted by atomic mass is 16.6. The van der Waals surface area contributed by atoms with Gasteiger partial charge in [0.2, 0.25) is 11.8 Å². The summed E-state index contributed by atoms with van der Waals surface area (Å²) in [6, 6.07) is 7.71. The van der Waals surface area contributed by atoms with Crippen LogP contribution in [-0.2, 0) is 20.7 Å². The van der Waals surface area contributed by atoms with E-state index in [4.69, 9.17) is 9.47 Å². The molecule has 2 rings (SSSR count). The van der Waals surface area contributed by atoms with E-state index in [1.807, 2.05) is 24.3 Å². The van der Waals surface area contributed by atoms with Crippen molar-refractivity contribution in [1.82, 2.24) is 15.5 Å². The highest BCUT2D eigenvalue weighted by Gasteiger charge is 2.24. The maximum absolute atomic E-state index is 12.3. The molecule has 0 radical (unpaired) electrons. The van der Waals surface area contributed by atoms with E-state index in [-0.39, 0.29) is 18.4 Å². The number of carbonyl (C=O) groups excluding carboxylic acids is 3. The Bertz CT molecular complexity index is 752. The van der Waals surface area contributed by atoms with Crippen molar-refractivity contribution in [3.63, 3.8) is 0 Å². The molecule has 2 N–H and O–H groups in total. The predicted octanol–water partition coefficient (Wildman–Crippen LogP) is 2.51. The third-order valence-electron chi connectivity index (χ3n) is 5.15. The lowest BCUT2D eigenvalue weighted by Crippen LogP contribution is -2.46. The molecule has 0 spiro atoms. The molecule has 1 aromatic rings. The molecule has 1 saturated heterocycles. The van der Waals surface area contributed by atoms with Crippen LogP contribution in [0.25, 0.3) is 0 Å². The molecule has 0 unspecified atom stereocenters. The molecule has 8 nitrogen and oxygen atoms in total. The summed E-state index contributed by atoms with van der Waals surface area (Å²) in [5.74, 6) is 1.04. The first kappa shape index (κ1) is 24.5. The second-order valence-corrected chi connectivity index (χ2v) is 8.80. The zero-order chi connectivity index (χ0) is 22.9. The Morgan fingerprint density at radius 3 is 2.42 bits per heavy atom. The minimum absolute atomic E-state index is 0.0194. The number of ether oxygens (including phenoxy) is 2. The number of benzene rings is 1. The van der Waals surface area contributed by atoms with Crippen LogP contribution in [-0.4, -0.2) is 61.7 Å². The normalized spacial score (nSPS) is 14.6. The number of alkyl carbamates (subject to hydrolysis) is 1. The van der Waals surface area contributed by atoms with Crippen LogP contribution in [0.3, 0.4) is 0 Å². The van der Waals surface area contributed by atoms with Gasteiger partial charge in [0.15, 0.2) is 0 Å². The van der Waals surface area contributed by atoms with Gasteiger partial charge in [0.25, 0.3) is 0 Å². The first-order valence-corrected chi connectivity index (χ1v) is 10.8. The summed E-state index contributed by atoms with van der Waals surface area (Å²) in [4.78, 5) is 37.9. The van der Waals surface area contributed by atoms with Crippen LogP contribution in [0.2, 0.25) is 0 Å². The standard InChI is InChI=1S/C23H35N3O5/c1-23(2,3)31-22(29)25-16-21(28)26-13-11-17(12-14-26)15-24-20(27)10-9-18-7-5-6-8-19(18)30-4/h5-8,17H,9-16H2,1-4H3,(H,24,27)(H,25,29). The molecule has 0 bridgehead atoms. The lowest BCUT2D eigenvalue weighted by Gasteiger charge is -2.32. The van der Waals surface area contributed by atoms with Gasteiger partial charge >= 0.3 is 6.09 Å². The molecular formula is C23H35N3O5. The fraction of sp³-hybridized carbons (Fsp3) is 0.609. The summed E-state index contributed by atoms with van der Waals surface area (Å²) >= 11 is 0. The van der Waals surface area contributed by atoms with Crippen LogP contribution >= 0.6 is 0 Å². The highest BCUT2D eigenvalue weighted by Crippen LogP contribution is 2.19. The fourth-order valence-electron chi connectivity index (χ4n) is 3.46. The minimum Gasteiger partial charge on any atom is -0.496 e. The van der Waals surface area contributed by atoms with Gasteiger partial charge in [-0.05, 0) is 57.6 Å². The number of methoxy groups -OCH3 is 1. The number of hydrogen-bond acceptors (Lipinski definition) is 5. The summed E-state index contributed by atoms with van der Waals surface area (Å²) in [5, 5.41) is 5.51. The van der Waals surface area contributed by atoms with Gasteiger partial charge in [0.1, 0.15) is 17.9 Å². The number of aryl methyl sites for hydroxylation is 1. The van der Waals surface area contributed by atoms with Crippen LogP contribution in [0.4, 0.5) is 4.79 Å². The average Bonchev–Trinajstić information content (AvgIpc) is 2.74. The van der Waals surface area contributed by atoms with E-state index < -0.39 is 11.7 Å². The third kappa shape index (κ3) is 8.86. The Labute approximate surface area is 184 Å². The van der Waals surface area contributed by atoms with Crippen molar-refractivity contribution in [3.8, 4) is 5.75 Å². The number of nitrogens with zero attached hydrogens (tertiary/aromatic N) is 1. The monoisotopic (exact) mass is 433 g/mol. The Kier molecular flexibility index (Phi) is 9.15. The van der Waals surface area contributed by atoms with Crippen molar-refractivity contribution in [2.24, 2.45) is 5.92 Å². The van der Waals surface area contributed by atoms with Gasteiger partial charge in [-0.3, -0.25) is 9.59 Å². The van der Waals surface area contributed by atoms with Crippen molar-refractivity contribution in [3.05, 3.63) is 29.8 Å². The zero-order valence-corrected chi connectivity index (χ0v) is 19.0. The van der Waals surface area contributed by atoms with E-state index in [9.17, 15) is 14.4 Å². The molecule has 1 aliphatic rings. The van der Waals surface area contributed by atoms with Crippen molar-refractivity contribution >= 4 is 17.9 Å². The number of piperidine rings is 1. The predicted molar refractivity (Wildman–Crippen MR) is 118 cm³/mol. The molecule has 0 aliphatic carbocycles. The molecular weight excluding hydrogens is 398 g/mol. The second-order valence-electron chi connectivity index (χ2n) is 8.80. The van der Waals surface area contributed by atoms with Gasteiger partial charge in [0.05, 0.1) is 7.11 Å². The lowest BCUT2D eigenvalue weighted by molar-refractivity contribution is -0.131. The maximum atomic E-state index is 12.3. The van der Waals surface area contributed by atoms with E-state index >= 15 is 0 Å². The van der Waals surface area contributed by atoms with E-state index in [1.165, 1.54) is 0 Å². The van der Waals surface area contributed by atoms with Gasteiger partial charge in [-0.15, -0.1) is 0 Å². The molecule has 0 atom stereocenters. The van der Waals surface area contributed by atoms with E-state index in [0.29, 0.717) is 38.4 Å². The number of amides is 3. The van der Waals surface area contributed by atoms with E-state index in [2.05, 4.69) is 10.6 Å². The lowest BCUT2D eigenvalue weighted by atomic mass is 9.96. The Morgan fingerprint density at radius 1 is 1.10 bits per heavy atom. The van der Waals surface area contributed by atoms with Crippen LogP contribution < -0.4 is 15.4 Å². The number of para-hydroxylation sites is 1. The largest absolute Gasteiger partial charge is 0.496 e. The molecule has 172 valence electrons. The summed E-state index contributed by atoms with van der Waals surface area (Å²) < 4.78 is 10.5. The molecule has 1 heterocycles. The van der Waals surface area contributed by atoms with Gasteiger partial charge < -0.3 is 25.0 Å². The number of nitrogens with one attached hydrogen (secondary N) is 2. The Hall–Kier alpha value is -2.77. The molecule has 1 aliphatic heterocycles. The van der Waals surface area contributed by atoms with Crippen molar-refractivity contribution in [2.45, 2.75) is 52.1 Å². The van der Waals surface area contributed by atoms with Gasteiger partial charge in [-0.2, -0.15) is 0 Å². The molecule has 0 saturated carbocycles. The smallest absolute Gasteiger partial charge is 0.408 e. The summed E-state index contributed by atoms with van der Waals surface area (Å²) in [6.07, 6.45) is 2.10. The van der Waals surface area contributed by atoms with Crippen LogP contribution in [0.1, 0.15) is 45.6 Å². The number of rotatable bonds is 8. The van der Waals surface area contributed by atoms with Crippen molar-refractivity contribution in [1.29, 1.82) is 0 Å². The quantitative estimate of drug-likeness (QED) is 0.657. The SMILES string of the molecule is COc1ccccc1CCC(=O)NCC1CCN(C(=O)CNC(=O)OC(C)(C)C)CC1. The molecule has 1 aromatic carbocycles. The van der Waals surface area contributed by atoms with Gasteiger partial charge in [-0.1, -0.05) is 18.2 Å². The summed E-state index contributed by atoms with van der Waals surface area (Å²) in [5.41, 5.74) is 0.426. The molecule has 1 fully saturated rings. The van der Waals surface area contributed by atoms with Gasteiger partial charge in [0, 0.05) is 26.1 Å².